The van der Waals surface area contributed by atoms with Crippen LogP contribution < -0.4 is 10.1 Å². The van der Waals surface area contributed by atoms with E-state index in [0.29, 0.717) is 11.3 Å². The highest BCUT2D eigenvalue weighted by Gasteiger charge is 2.19. The van der Waals surface area contributed by atoms with Gasteiger partial charge in [0.2, 0.25) is 5.91 Å². The van der Waals surface area contributed by atoms with Gasteiger partial charge in [0.05, 0.1) is 0 Å². The van der Waals surface area contributed by atoms with Crippen LogP contribution in [-0.2, 0) is 16.1 Å². The Bertz CT molecular complexity index is 503. The molecule has 0 saturated carbocycles. The van der Waals surface area contributed by atoms with E-state index in [9.17, 15) is 9.59 Å². The van der Waals surface area contributed by atoms with Crippen LogP contribution in [0.3, 0.4) is 0 Å². The molecule has 108 valence electrons. The quantitative estimate of drug-likeness (QED) is 0.522. The first-order chi connectivity index (χ1) is 9.31. The summed E-state index contributed by atoms with van der Waals surface area (Å²) in [4.78, 5) is 22.8. The second-order valence-corrected chi connectivity index (χ2v) is 5.10. The van der Waals surface area contributed by atoms with Crippen molar-refractivity contribution in [3.8, 4) is 5.75 Å². The van der Waals surface area contributed by atoms with Gasteiger partial charge in [-0.05, 0) is 32.9 Å². The fraction of sp³-hybridized carbons (Fsp3) is 0.333. The van der Waals surface area contributed by atoms with Gasteiger partial charge in [0.1, 0.15) is 11.4 Å². The number of hydrogen-bond acceptors (Lipinski definition) is 4. The van der Waals surface area contributed by atoms with Crippen LogP contribution in [0.25, 0.3) is 0 Å². The van der Waals surface area contributed by atoms with E-state index in [-0.39, 0.29) is 12.5 Å². The van der Waals surface area contributed by atoms with Crippen LogP contribution in [0, 0.1) is 0 Å². The SMILES string of the molecule is C=CC(=O)NCc1ccccc1OC(=O)OC(C)(C)C. The summed E-state index contributed by atoms with van der Waals surface area (Å²) in [6, 6.07) is 6.91. The van der Waals surface area contributed by atoms with Crippen LogP contribution in [0.4, 0.5) is 4.79 Å². The number of rotatable bonds is 4. The van der Waals surface area contributed by atoms with Gasteiger partial charge < -0.3 is 14.8 Å². The van der Waals surface area contributed by atoms with E-state index in [0.717, 1.165) is 0 Å². The predicted octanol–water partition coefficient (Wildman–Crippen LogP) is 2.80. The molecule has 1 aromatic carbocycles. The Kier molecular flexibility index (Phi) is 5.32. The highest BCUT2D eigenvalue weighted by atomic mass is 16.7. The number of amides is 1. The lowest BCUT2D eigenvalue weighted by molar-refractivity contribution is -0.116. The second kappa shape index (κ2) is 6.75. The Hall–Kier alpha value is -2.30. The molecule has 5 nitrogen and oxygen atoms in total. The van der Waals surface area contributed by atoms with Crippen LogP contribution in [0.2, 0.25) is 0 Å². The van der Waals surface area contributed by atoms with Crippen molar-refractivity contribution in [1.29, 1.82) is 0 Å². The van der Waals surface area contributed by atoms with Gasteiger partial charge in [-0.2, -0.15) is 0 Å². The van der Waals surface area contributed by atoms with Gasteiger partial charge in [-0.25, -0.2) is 4.79 Å². The van der Waals surface area contributed by atoms with Crippen molar-refractivity contribution in [3.05, 3.63) is 42.5 Å². The molecular formula is C15H19NO4. The Balaban J connectivity index is 2.72. The Morgan fingerprint density at radius 1 is 1.30 bits per heavy atom. The van der Waals surface area contributed by atoms with Gasteiger partial charge in [-0.3, -0.25) is 4.79 Å². The normalized spacial score (nSPS) is 10.6. The molecule has 0 aliphatic rings. The minimum absolute atomic E-state index is 0.240. The van der Waals surface area contributed by atoms with E-state index in [1.165, 1.54) is 6.08 Å². The van der Waals surface area contributed by atoms with Crippen LogP contribution in [0.5, 0.6) is 5.75 Å². The molecule has 1 amide bonds. The van der Waals surface area contributed by atoms with Crippen molar-refractivity contribution in [1.82, 2.24) is 5.32 Å². The van der Waals surface area contributed by atoms with Gasteiger partial charge in [-0.15, -0.1) is 0 Å². The Morgan fingerprint density at radius 2 is 1.95 bits per heavy atom. The maximum absolute atomic E-state index is 11.6. The summed E-state index contributed by atoms with van der Waals surface area (Å²) < 4.78 is 10.2. The van der Waals surface area contributed by atoms with E-state index in [4.69, 9.17) is 9.47 Å². The molecule has 0 bridgehead atoms. The summed E-state index contributed by atoms with van der Waals surface area (Å²) in [6.07, 6.45) is 0.400. The zero-order valence-corrected chi connectivity index (χ0v) is 11.9. The molecule has 5 heteroatoms. The highest BCUT2D eigenvalue weighted by molar-refractivity contribution is 5.86. The lowest BCUT2D eigenvalue weighted by atomic mass is 10.2. The largest absolute Gasteiger partial charge is 0.514 e. The molecule has 0 aliphatic carbocycles. The molecular weight excluding hydrogens is 258 g/mol. The maximum atomic E-state index is 11.6. The van der Waals surface area contributed by atoms with E-state index in [2.05, 4.69) is 11.9 Å². The Morgan fingerprint density at radius 3 is 2.55 bits per heavy atom. The molecule has 0 radical (unpaired) electrons. The van der Waals surface area contributed by atoms with Crippen LogP contribution in [-0.4, -0.2) is 17.7 Å². The Labute approximate surface area is 118 Å². The van der Waals surface area contributed by atoms with Gasteiger partial charge >= 0.3 is 6.16 Å². The van der Waals surface area contributed by atoms with Crippen molar-refractivity contribution in [2.24, 2.45) is 0 Å². The number of nitrogens with one attached hydrogen (secondary N) is 1. The third kappa shape index (κ3) is 5.56. The number of para-hydroxylation sites is 1. The topological polar surface area (TPSA) is 64.6 Å². The number of carbonyl (C=O) groups excluding carboxylic acids is 2. The first kappa shape index (κ1) is 15.8. The van der Waals surface area contributed by atoms with Gasteiger partial charge in [0, 0.05) is 12.1 Å². The molecule has 1 aromatic rings. The standard InChI is InChI=1S/C15H19NO4/c1-5-13(17)16-10-11-8-6-7-9-12(11)19-14(18)20-15(2,3)4/h5-9H,1,10H2,2-4H3,(H,16,17). The minimum atomic E-state index is -0.778. The average Bonchev–Trinajstić information content (AvgIpc) is 2.35. The van der Waals surface area contributed by atoms with Crippen molar-refractivity contribution in [2.45, 2.75) is 32.9 Å². The maximum Gasteiger partial charge on any atom is 0.514 e. The van der Waals surface area contributed by atoms with Crippen LogP contribution >= 0.6 is 0 Å². The van der Waals surface area contributed by atoms with E-state index >= 15 is 0 Å². The summed E-state index contributed by atoms with van der Waals surface area (Å²) in [7, 11) is 0. The van der Waals surface area contributed by atoms with E-state index in [1.54, 1.807) is 45.0 Å². The zero-order chi connectivity index (χ0) is 15.2. The van der Waals surface area contributed by atoms with Crippen molar-refractivity contribution in [2.75, 3.05) is 0 Å². The summed E-state index contributed by atoms with van der Waals surface area (Å²) >= 11 is 0. The van der Waals surface area contributed by atoms with Crippen molar-refractivity contribution in [3.63, 3.8) is 0 Å². The van der Waals surface area contributed by atoms with Crippen molar-refractivity contribution < 1.29 is 19.1 Å². The fourth-order valence-electron chi connectivity index (χ4n) is 1.36. The molecule has 0 aromatic heterocycles. The molecule has 0 spiro atoms. The molecule has 0 aliphatic heterocycles. The number of ether oxygens (including phenoxy) is 2. The lowest BCUT2D eigenvalue weighted by Crippen LogP contribution is -2.26. The third-order valence-corrected chi connectivity index (χ3v) is 2.19. The smallest absolute Gasteiger partial charge is 0.428 e. The monoisotopic (exact) mass is 277 g/mol. The molecule has 0 unspecified atom stereocenters. The summed E-state index contributed by atoms with van der Waals surface area (Å²) in [5, 5.41) is 2.62. The second-order valence-electron chi connectivity index (χ2n) is 5.10. The predicted molar refractivity (Wildman–Crippen MR) is 75.3 cm³/mol. The molecule has 0 atom stereocenters. The molecule has 0 fully saturated rings. The van der Waals surface area contributed by atoms with E-state index in [1.807, 2.05) is 0 Å². The first-order valence-corrected chi connectivity index (χ1v) is 6.21. The number of hydrogen-bond donors (Lipinski definition) is 1. The number of carbonyl (C=O) groups is 2. The molecule has 20 heavy (non-hydrogen) atoms. The van der Waals surface area contributed by atoms with E-state index < -0.39 is 11.8 Å². The van der Waals surface area contributed by atoms with Gasteiger partial charge in [0.15, 0.2) is 0 Å². The highest BCUT2D eigenvalue weighted by Crippen LogP contribution is 2.19. The molecule has 1 rings (SSSR count). The lowest BCUT2D eigenvalue weighted by Gasteiger charge is -2.19. The molecule has 1 N–H and O–H groups in total. The number of benzene rings is 1. The van der Waals surface area contributed by atoms with Crippen LogP contribution in [0.1, 0.15) is 26.3 Å². The van der Waals surface area contributed by atoms with Crippen molar-refractivity contribution >= 4 is 12.1 Å². The first-order valence-electron chi connectivity index (χ1n) is 6.21. The van der Waals surface area contributed by atoms with Gasteiger partial charge in [0.25, 0.3) is 0 Å². The summed E-state index contributed by atoms with van der Waals surface area (Å²) in [6.45, 7) is 8.87. The third-order valence-electron chi connectivity index (χ3n) is 2.19. The fourth-order valence-corrected chi connectivity index (χ4v) is 1.36. The average molecular weight is 277 g/mol. The minimum Gasteiger partial charge on any atom is -0.428 e. The summed E-state index contributed by atoms with van der Waals surface area (Å²) in [5.74, 6) is 0.0585. The van der Waals surface area contributed by atoms with Gasteiger partial charge in [-0.1, -0.05) is 24.8 Å². The molecule has 0 saturated heterocycles. The molecule has 0 heterocycles. The summed E-state index contributed by atoms with van der Waals surface area (Å²) in [5.41, 5.74) is 0.0527. The van der Waals surface area contributed by atoms with Crippen LogP contribution in [0.15, 0.2) is 36.9 Å². The zero-order valence-electron chi connectivity index (χ0n) is 11.9.